The van der Waals surface area contributed by atoms with Gasteiger partial charge < -0.3 is 5.32 Å². The highest BCUT2D eigenvalue weighted by atomic mass is 19.1. The second-order valence-corrected chi connectivity index (χ2v) is 5.14. The molecule has 3 heteroatoms. The molecule has 2 rings (SSSR count). The molecule has 0 saturated heterocycles. The van der Waals surface area contributed by atoms with Crippen LogP contribution in [-0.4, -0.2) is 11.0 Å². The highest BCUT2D eigenvalue weighted by Gasteiger charge is 2.24. The topological polar surface area (TPSA) is 24.9 Å². The summed E-state index contributed by atoms with van der Waals surface area (Å²) in [6.07, 6.45) is 6.10. The Morgan fingerprint density at radius 2 is 2.29 bits per heavy atom. The maximum absolute atomic E-state index is 12.8. The van der Waals surface area contributed by atoms with Crippen LogP contribution in [0.2, 0.25) is 0 Å². The molecule has 1 aromatic heterocycles. The summed E-state index contributed by atoms with van der Waals surface area (Å²) in [5.74, 6) is 0.560. The Kier molecular flexibility index (Phi) is 4.11. The summed E-state index contributed by atoms with van der Waals surface area (Å²) >= 11 is 0. The van der Waals surface area contributed by atoms with E-state index in [2.05, 4.69) is 24.1 Å². The smallest absolute Gasteiger partial charge is 0.141 e. The molecule has 1 heterocycles. The van der Waals surface area contributed by atoms with Crippen LogP contribution in [0, 0.1) is 11.7 Å². The Labute approximate surface area is 103 Å². The molecule has 17 heavy (non-hydrogen) atoms. The molecule has 3 unspecified atom stereocenters. The zero-order chi connectivity index (χ0) is 12.3. The van der Waals surface area contributed by atoms with E-state index < -0.39 is 0 Å². The number of aromatic nitrogens is 1. The predicted octanol–water partition coefficient (Wildman–Crippen LogP) is 3.45. The van der Waals surface area contributed by atoms with Crippen LogP contribution in [0.5, 0.6) is 0 Å². The fourth-order valence-corrected chi connectivity index (χ4v) is 2.65. The zero-order valence-electron chi connectivity index (χ0n) is 10.6. The molecule has 94 valence electrons. The van der Waals surface area contributed by atoms with E-state index in [1.54, 1.807) is 6.07 Å². The Bertz CT molecular complexity index is 350. The molecule has 0 aliphatic heterocycles. The van der Waals surface area contributed by atoms with Crippen LogP contribution >= 0.6 is 0 Å². The van der Waals surface area contributed by atoms with Gasteiger partial charge in [0.05, 0.1) is 11.9 Å². The van der Waals surface area contributed by atoms with Gasteiger partial charge in [0, 0.05) is 12.1 Å². The molecule has 0 bridgehead atoms. The highest BCUT2D eigenvalue weighted by molar-refractivity contribution is 5.10. The molecular weight excluding hydrogens is 215 g/mol. The van der Waals surface area contributed by atoms with Crippen molar-refractivity contribution in [3.8, 4) is 0 Å². The van der Waals surface area contributed by atoms with Gasteiger partial charge in [0.2, 0.25) is 0 Å². The highest BCUT2D eigenvalue weighted by Crippen LogP contribution is 2.27. The van der Waals surface area contributed by atoms with Crippen molar-refractivity contribution in [2.24, 2.45) is 5.92 Å². The summed E-state index contributed by atoms with van der Waals surface area (Å²) in [4.78, 5) is 4.17. The molecule has 0 amide bonds. The van der Waals surface area contributed by atoms with E-state index in [0.717, 1.165) is 18.0 Å². The van der Waals surface area contributed by atoms with Crippen LogP contribution in [0.3, 0.4) is 0 Å². The molecule has 3 atom stereocenters. The fourth-order valence-electron chi connectivity index (χ4n) is 2.65. The standard InChI is InChI=1S/C14H21FN2/c1-3-13(14-7-5-11(15)9-16-14)17-12-6-4-10(2)8-12/h5,7,9-10,12-13,17H,3-4,6,8H2,1-2H3. The van der Waals surface area contributed by atoms with Crippen molar-refractivity contribution in [1.82, 2.24) is 10.3 Å². The van der Waals surface area contributed by atoms with E-state index in [9.17, 15) is 4.39 Å². The number of halogens is 1. The Morgan fingerprint density at radius 3 is 2.82 bits per heavy atom. The molecule has 2 nitrogen and oxygen atoms in total. The average molecular weight is 236 g/mol. The third-order valence-electron chi connectivity index (χ3n) is 3.65. The summed E-state index contributed by atoms with van der Waals surface area (Å²) in [5.41, 5.74) is 0.952. The third-order valence-corrected chi connectivity index (χ3v) is 3.65. The molecule has 0 spiro atoms. The molecule has 0 aromatic carbocycles. The van der Waals surface area contributed by atoms with Crippen LogP contribution in [0.25, 0.3) is 0 Å². The van der Waals surface area contributed by atoms with E-state index in [-0.39, 0.29) is 11.9 Å². The second-order valence-electron chi connectivity index (χ2n) is 5.14. The minimum absolute atomic E-state index is 0.255. The predicted molar refractivity (Wildman–Crippen MR) is 67.2 cm³/mol. The van der Waals surface area contributed by atoms with Gasteiger partial charge in [0.15, 0.2) is 0 Å². The molecule has 1 aliphatic rings. The maximum Gasteiger partial charge on any atom is 0.141 e. The first-order chi connectivity index (χ1) is 8.19. The first kappa shape index (κ1) is 12.5. The Balaban J connectivity index is 1.98. The number of nitrogens with zero attached hydrogens (tertiary/aromatic N) is 1. The molecule has 0 radical (unpaired) electrons. The van der Waals surface area contributed by atoms with Gasteiger partial charge in [-0.05, 0) is 43.7 Å². The maximum atomic E-state index is 12.8. The first-order valence-electron chi connectivity index (χ1n) is 6.56. The summed E-state index contributed by atoms with van der Waals surface area (Å²) < 4.78 is 12.8. The van der Waals surface area contributed by atoms with Crippen molar-refractivity contribution in [3.63, 3.8) is 0 Å². The lowest BCUT2D eigenvalue weighted by Crippen LogP contribution is -2.31. The third kappa shape index (κ3) is 3.25. The quantitative estimate of drug-likeness (QED) is 0.866. The average Bonchev–Trinajstić information content (AvgIpc) is 2.73. The molecular formula is C14H21FN2. The van der Waals surface area contributed by atoms with E-state index >= 15 is 0 Å². The minimum Gasteiger partial charge on any atom is -0.306 e. The van der Waals surface area contributed by atoms with Gasteiger partial charge in [0.1, 0.15) is 5.82 Å². The van der Waals surface area contributed by atoms with E-state index in [0.29, 0.717) is 6.04 Å². The SMILES string of the molecule is CCC(NC1CCC(C)C1)c1ccc(F)cn1. The van der Waals surface area contributed by atoms with Crippen molar-refractivity contribution >= 4 is 0 Å². The lowest BCUT2D eigenvalue weighted by Gasteiger charge is -2.21. The van der Waals surface area contributed by atoms with Crippen molar-refractivity contribution in [1.29, 1.82) is 0 Å². The summed E-state index contributed by atoms with van der Waals surface area (Å²) in [6, 6.07) is 4.13. The molecule has 1 saturated carbocycles. The van der Waals surface area contributed by atoms with Gasteiger partial charge in [-0.15, -0.1) is 0 Å². The van der Waals surface area contributed by atoms with E-state index in [4.69, 9.17) is 0 Å². The molecule has 1 N–H and O–H groups in total. The molecule has 1 aliphatic carbocycles. The van der Waals surface area contributed by atoms with E-state index in [1.165, 1.54) is 31.5 Å². The van der Waals surface area contributed by atoms with Crippen molar-refractivity contribution < 1.29 is 4.39 Å². The van der Waals surface area contributed by atoms with Gasteiger partial charge in [-0.1, -0.05) is 13.8 Å². The van der Waals surface area contributed by atoms with Crippen molar-refractivity contribution in [3.05, 3.63) is 29.8 Å². The van der Waals surface area contributed by atoms with Gasteiger partial charge in [0.25, 0.3) is 0 Å². The Hall–Kier alpha value is -0.960. The van der Waals surface area contributed by atoms with E-state index in [1.807, 2.05) is 0 Å². The van der Waals surface area contributed by atoms with Crippen LogP contribution in [0.1, 0.15) is 51.3 Å². The van der Waals surface area contributed by atoms with Crippen molar-refractivity contribution in [2.75, 3.05) is 0 Å². The van der Waals surface area contributed by atoms with Gasteiger partial charge >= 0.3 is 0 Å². The number of rotatable bonds is 4. The lowest BCUT2D eigenvalue weighted by molar-refractivity contribution is 0.414. The van der Waals surface area contributed by atoms with Crippen molar-refractivity contribution in [2.45, 2.75) is 51.6 Å². The van der Waals surface area contributed by atoms with Crippen LogP contribution in [0.4, 0.5) is 4.39 Å². The largest absolute Gasteiger partial charge is 0.306 e. The fraction of sp³-hybridized carbons (Fsp3) is 0.643. The number of pyridine rings is 1. The van der Waals surface area contributed by atoms with Crippen LogP contribution < -0.4 is 5.32 Å². The number of nitrogens with one attached hydrogen (secondary N) is 1. The molecule has 1 fully saturated rings. The normalized spacial score (nSPS) is 26.1. The monoisotopic (exact) mass is 236 g/mol. The minimum atomic E-state index is -0.266. The van der Waals surface area contributed by atoms with Gasteiger partial charge in [-0.2, -0.15) is 0 Å². The Morgan fingerprint density at radius 1 is 1.47 bits per heavy atom. The van der Waals surface area contributed by atoms with Gasteiger partial charge in [-0.25, -0.2) is 4.39 Å². The second kappa shape index (κ2) is 5.58. The number of hydrogen-bond donors (Lipinski definition) is 1. The van der Waals surface area contributed by atoms with Gasteiger partial charge in [-0.3, -0.25) is 4.98 Å². The summed E-state index contributed by atoms with van der Waals surface area (Å²) in [6.45, 7) is 4.44. The summed E-state index contributed by atoms with van der Waals surface area (Å²) in [5, 5.41) is 3.65. The lowest BCUT2D eigenvalue weighted by atomic mass is 10.1. The number of hydrogen-bond acceptors (Lipinski definition) is 2. The summed E-state index contributed by atoms with van der Waals surface area (Å²) in [7, 11) is 0. The van der Waals surface area contributed by atoms with Crippen LogP contribution in [-0.2, 0) is 0 Å². The first-order valence-corrected chi connectivity index (χ1v) is 6.56. The zero-order valence-corrected chi connectivity index (χ0v) is 10.6. The molecule has 1 aromatic rings. The van der Waals surface area contributed by atoms with Crippen LogP contribution in [0.15, 0.2) is 18.3 Å².